The molecule has 0 fully saturated rings. The Hall–Kier alpha value is -1.09. The summed E-state index contributed by atoms with van der Waals surface area (Å²) in [6.45, 7) is 4.70. The zero-order chi connectivity index (χ0) is 10.4. The van der Waals surface area contributed by atoms with Crippen LogP contribution in [0.5, 0.6) is 0 Å². The van der Waals surface area contributed by atoms with Crippen molar-refractivity contribution in [2.45, 2.75) is 6.92 Å². The molecule has 0 saturated carbocycles. The fourth-order valence-electron chi connectivity index (χ4n) is 1.31. The van der Waals surface area contributed by atoms with Crippen molar-refractivity contribution in [1.29, 1.82) is 0 Å². The van der Waals surface area contributed by atoms with Crippen LogP contribution in [0.1, 0.15) is 6.92 Å². The first-order valence-corrected chi connectivity index (χ1v) is 4.92. The van der Waals surface area contributed by atoms with E-state index in [0.29, 0.717) is 5.69 Å². The minimum Gasteiger partial charge on any atom is -0.371 e. The van der Waals surface area contributed by atoms with Gasteiger partial charge >= 0.3 is 0 Å². The molecular formula is C11H17FN2. The van der Waals surface area contributed by atoms with Crippen LogP contribution in [-0.2, 0) is 0 Å². The minimum absolute atomic E-state index is 0.161. The Morgan fingerprint density at radius 1 is 1.36 bits per heavy atom. The second-order valence-corrected chi connectivity index (χ2v) is 3.23. The van der Waals surface area contributed by atoms with Gasteiger partial charge in [-0.15, -0.1) is 0 Å². The topological polar surface area (TPSA) is 15.3 Å². The molecule has 2 nitrogen and oxygen atoms in total. The Kier molecular flexibility index (Phi) is 4.40. The molecule has 1 aromatic rings. The first-order valence-electron chi connectivity index (χ1n) is 4.92. The number of anilines is 1. The van der Waals surface area contributed by atoms with E-state index in [4.69, 9.17) is 0 Å². The highest BCUT2D eigenvalue weighted by molar-refractivity contribution is 5.46. The van der Waals surface area contributed by atoms with Gasteiger partial charge in [-0.05, 0) is 18.7 Å². The summed E-state index contributed by atoms with van der Waals surface area (Å²) >= 11 is 0. The van der Waals surface area contributed by atoms with E-state index in [1.165, 1.54) is 6.07 Å². The molecule has 0 aliphatic rings. The zero-order valence-corrected chi connectivity index (χ0v) is 8.76. The van der Waals surface area contributed by atoms with E-state index in [0.717, 1.165) is 19.6 Å². The summed E-state index contributed by atoms with van der Waals surface area (Å²) in [5, 5.41) is 3.20. The number of hydrogen-bond acceptors (Lipinski definition) is 2. The quantitative estimate of drug-likeness (QED) is 0.723. The average Bonchev–Trinajstić information content (AvgIpc) is 2.18. The lowest BCUT2D eigenvalue weighted by molar-refractivity contribution is 0.618. The van der Waals surface area contributed by atoms with Crippen molar-refractivity contribution in [3.63, 3.8) is 0 Å². The van der Waals surface area contributed by atoms with E-state index < -0.39 is 0 Å². The predicted molar refractivity (Wildman–Crippen MR) is 58.2 cm³/mol. The van der Waals surface area contributed by atoms with Gasteiger partial charge in [0, 0.05) is 20.1 Å². The van der Waals surface area contributed by atoms with Gasteiger partial charge in [0.05, 0.1) is 5.69 Å². The van der Waals surface area contributed by atoms with Gasteiger partial charge in [0.1, 0.15) is 5.82 Å². The van der Waals surface area contributed by atoms with Crippen LogP contribution in [-0.4, -0.2) is 26.7 Å². The van der Waals surface area contributed by atoms with Gasteiger partial charge in [0.15, 0.2) is 0 Å². The van der Waals surface area contributed by atoms with E-state index in [1.54, 1.807) is 12.1 Å². The van der Waals surface area contributed by atoms with Crippen LogP contribution in [0.15, 0.2) is 24.3 Å². The molecule has 0 heterocycles. The number of nitrogens with one attached hydrogen (secondary N) is 1. The number of benzene rings is 1. The van der Waals surface area contributed by atoms with Crippen LogP contribution in [0.2, 0.25) is 0 Å². The van der Waals surface area contributed by atoms with Crippen LogP contribution < -0.4 is 10.2 Å². The first-order chi connectivity index (χ1) is 6.75. The van der Waals surface area contributed by atoms with E-state index in [1.807, 2.05) is 18.0 Å². The summed E-state index contributed by atoms with van der Waals surface area (Å²) in [5.74, 6) is -0.161. The van der Waals surface area contributed by atoms with Gasteiger partial charge in [-0.1, -0.05) is 19.1 Å². The Labute approximate surface area is 84.7 Å². The monoisotopic (exact) mass is 196 g/mol. The molecule has 0 atom stereocenters. The fourth-order valence-corrected chi connectivity index (χ4v) is 1.31. The van der Waals surface area contributed by atoms with Crippen LogP contribution in [0, 0.1) is 5.82 Å². The van der Waals surface area contributed by atoms with Gasteiger partial charge < -0.3 is 10.2 Å². The van der Waals surface area contributed by atoms with Crippen molar-refractivity contribution < 1.29 is 4.39 Å². The highest BCUT2D eigenvalue weighted by Crippen LogP contribution is 2.15. The molecule has 0 aliphatic carbocycles. The molecule has 3 heteroatoms. The molecule has 78 valence electrons. The van der Waals surface area contributed by atoms with Crippen LogP contribution in [0.25, 0.3) is 0 Å². The van der Waals surface area contributed by atoms with E-state index >= 15 is 0 Å². The van der Waals surface area contributed by atoms with E-state index in [-0.39, 0.29) is 5.82 Å². The summed E-state index contributed by atoms with van der Waals surface area (Å²) in [5.41, 5.74) is 0.658. The minimum atomic E-state index is -0.161. The number of para-hydroxylation sites is 1. The van der Waals surface area contributed by atoms with Gasteiger partial charge in [-0.25, -0.2) is 4.39 Å². The van der Waals surface area contributed by atoms with Crippen LogP contribution >= 0.6 is 0 Å². The number of hydrogen-bond donors (Lipinski definition) is 1. The van der Waals surface area contributed by atoms with Gasteiger partial charge in [0.25, 0.3) is 0 Å². The number of likely N-dealkylation sites (N-methyl/N-ethyl adjacent to an activating group) is 2. The van der Waals surface area contributed by atoms with E-state index in [2.05, 4.69) is 12.2 Å². The first kappa shape index (κ1) is 11.0. The normalized spacial score (nSPS) is 10.2. The molecule has 14 heavy (non-hydrogen) atoms. The molecule has 1 rings (SSSR count). The smallest absolute Gasteiger partial charge is 0.146 e. The third-order valence-corrected chi connectivity index (χ3v) is 2.14. The summed E-state index contributed by atoms with van der Waals surface area (Å²) in [7, 11) is 1.90. The maximum Gasteiger partial charge on any atom is 0.146 e. The molecule has 0 unspecified atom stereocenters. The summed E-state index contributed by atoms with van der Waals surface area (Å²) in [6, 6.07) is 6.83. The van der Waals surface area contributed by atoms with Crippen LogP contribution in [0.3, 0.4) is 0 Å². The maximum absolute atomic E-state index is 13.3. The maximum atomic E-state index is 13.3. The van der Waals surface area contributed by atoms with Crippen molar-refractivity contribution in [1.82, 2.24) is 5.32 Å². The predicted octanol–water partition coefficient (Wildman–Crippen LogP) is 1.87. The molecule has 0 aliphatic heterocycles. The molecule has 0 amide bonds. The van der Waals surface area contributed by atoms with E-state index in [9.17, 15) is 4.39 Å². The summed E-state index contributed by atoms with van der Waals surface area (Å²) in [4.78, 5) is 1.91. The van der Waals surface area contributed by atoms with Crippen LogP contribution in [0.4, 0.5) is 10.1 Å². The third kappa shape index (κ3) is 3.00. The molecule has 0 spiro atoms. The van der Waals surface area contributed by atoms with Crippen molar-refractivity contribution >= 4 is 5.69 Å². The number of nitrogens with zero attached hydrogens (tertiary/aromatic N) is 1. The molecule has 1 N–H and O–H groups in total. The van der Waals surface area contributed by atoms with Crippen molar-refractivity contribution in [2.24, 2.45) is 0 Å². The Balaban J connectivity index is 2.51. The largest absolute Gasteiger partial charge is 0.371 e. The summed E-state index contributed by atoms with van der Waals surface area (Å²) in [6.07, 6.45) is 0. The SMILES string of the molecule is CCNCCN(C)c1ccccc1F. The summed E-state index contributed by atoms with van der Waals surface area (Å²) < 4.78 is 13.3. The molecule has 0 radical (unpaired) electrons. The average molecular weight is 196 g/mol. The molecule has 0 bridgehead atoms. The van der Waals surface area contributed by atoms with Crippen molar-refractivity contribution in [2.75, 3.05) is 31.6 Å². The Bertz CT molecular complexity index is 276. The van der Waals surface area contributed by atoms with Gasteiger partial charge in [0.2, 0.25) is 0 Å². The molecule has 1 aromatic carbocycles. The fraction of sp³-hybridized carbons (Fsp3) is 0.455. The number of rotatable bonds is 5. The standard InChI is InChI=1S/C11H17FN2/c1-3-13-8-9-14(2)11-7-5-4-6-10(11)12/h4-7,13H,3,8-9H2,1-2H3. The highest BCUT2D eigenvalue weighted by atomic mass is 19.1. The van der Waals surface area contributed by atoms with Crippen molar-refractivity contribution in [3.05, 3.63) is 30.1 Å². The van der Waals surface area contributed by atoms with Gasteiger partial charge in [-0.2, -0.15) is 0 Å². The lowest BCUT2D eigenvalue weighted by Crippen LogP contribution is -2.29. The van der Waals surface area contributed by atoms with Gasteiger partial charge in [-0.3, -0.25) is 0 Å². The molecule has 0 saturated heterocycles. The Morgan fingerprint density at radius 2 is 2.07 bits per heavy atom. The molecule has 0 aromatic heterocycles. The second-order valence-electron chi connectivity index (χ2n) is 3.23. The zero-order valence-electron chi connectivity index (χ0n) is 8.76. The lowest BCUT2D eigenvalue weighted by Gasteiger charge is -2.19. The highest BCUT2D eigenvalue weighted by Gasteiger charge is 2.04. The molecular weight excluding hydrogens is 179 g/mol. The third-order valence-electron chi connectivity index (χ3n) is 2.14. The second kappa shape index (κ2) is 5.60. The number of halogens is 1. The Morgan fingerprint density at radius 3 is 2.71 bits per heavy atom. The van der Waals surface area contributed by atoms with Crippen molar-refractivity contribution in [3.8, 4) is 0 Å². The lowest BCUT2D eigenvalue weighted by atomic mass is 10.3.